The van der Waals surface area contributed by atoms with Gasteiger partial charge in [0.15, 0.2) is 0 Å². The van der Waals surface area contributed by atoms with Gasteiger partial charge in [-0.25, -0.2) is 0 Å². The second kappa shape index (κ2) is 8.12. The Balaban J connectivity index is 4.14. The third-order valence-electron chi connectivity index (χ3n) is 2.22. The minimum Gasteiger partial charge on any atom is -0.315 e. The molecule has 0 heterocycles. The van der Waals surface area contributed by atoms with E-state index in [0.717, 1.165) is 12.8 Å². The zero-order valence-electron chi connectivity index (χ0n) is 11.8. The second-order valence-corrected chi connectivity index (χ2v) is 10.2. The van der Waals surface area contributed by atoms with Gasteiger partial charge < -0.3 is 9.05 Å². The van der Waals surface area contributed by atoms with Crippen LogP contribution in [0.1, 0.15) is 54.4 Å². The van der Waals surface area contributed by atoms with E-state index in [1.165, 1.54) is 0 Å². The molecule has 0 amide bonds. The van der Waals surface area contributed by atoms with E-state index in [4.69, 9.17) is 32.1 Å². The highest BCUT2D eigenvalue weighted by atomic mass is 35.7. The highest BCUT2D eigenvalue weighted by molar-refractivity contribution is 8.22. The summed E-state index contributed by atoms with van der Waals surface area (Å²) in [5.74, 6) is -1.46. The van der Waals surface area contributed by atoms with Crippen molar-refractivity contribution in [2.24, 2.45) is 11.8 Å². The lowest BCUT2D eigenvalue weighted by Crippen LogP contribution is -2.13. The van der Waals surface area contributed by atoms with Crippen LogP contribution >= 0.6 is 17.1 Å². The first-order valence-electron chi connectivity index (χ1n) is 6.29. The van der Waals surface area contributed by atoms with Gasteiger partial charge in [-0.1, -0.05) is 27.7 Å². The fraction of sp³-hybridized carbons (Fsp3) is 1.00. The molecule has 0 rings (SSSR count). The van der Waals surface area contributed by atoms with E-state index in [1.807, 2.05) is 13.8 Å². The largest absolute Gasteiger partial charge is 0.315 e. The summed E-state index contributed by atoms with van der Waals surface area (Å²) in [7, 11) is 0. The Morgan fingerprint density at radius 1 is 0.882 bits per heavy atom. The molecule has 0 spiro atoms. The second-order valence-electron chi connectivity index (χ2n) is 5.52. The van der Waals surface area contributed by atoms with E-state index in [9.17, 15) is 0 Å². The van der Waals surface area contributed by atoms with Gasteiger partial charge in [0.1, 0.15) is 0 Å². The summed E-state index contributed by atoms with van der Waals surface area (Å²) in [5.41, 5.74) is 0. The van der Waals surface area contributed by atoms with Crippen LogP contribution in [0, 0.1) is 11.8 Å². The predicted molar refractivity (Wildman–Crippen MR) is 80.1 cm³/mol. The normalized spacial score (nSPS) is 19.4. The molecular formula is C12H26ClO2PS. The van der Waals surface area contributed by atoms with Gasteiger partial charge in [0, 0.05) is 0 Å². The van der Waals surface area contributed by atoms with Gasteiger partial charge in [-0.15, -0.1) is 0 Å². The molecule has 2 nitrogen and oxygen atoms in total. The summed E-state index contributed by atoms with van der Waals surface area (Å²) in [6.45, 7) is 12.6. The summed E-state index contributed by atoms with van der Waals surface area (Å²) in [6.07, 6.45) is 2.02. The lowest BCUT2D eigenvalue weighted by Gasteiger charge is -2.25. The van der Waals surface area contributed by atoms with E-state index in [-0.39, 0.29) is 12.2 Å². The highest BCUT2D eigenvalue weighted by Gasteiger charge is 2.23. The molecule has 5 heteroatoms. The monoisotopic (exact) mass is 300 g/mol. The van der Waals surface area contributed by atoms with Crippen LogP contribution in [0.3, 0.4) is 0 Å². The van der Waals surface area contributed by atoms with Crippen LogP contribution in [0.4, 0.5) is 0 Å². The summed E-state index contributed by atoms with van der Waals surface area (Å²) >= 11 is 11.4. The van der Waals surface area contributed by atoms with E-state index in [0.29, 0.717) is 11.8 Å². The molecule has 0 N–H and O–H groups in total. The molecule has 2 atom stereocenters. The molecule has 2 unspecified atom stereocenters. The van der Waals surface area contributed by atoms with Crippen molar-refractivity contribution in [1.29, 1.82) is 0 Å². The number of hydrogen-bond donors (Lipinski definition) is 0. The zero-order chi connectivity index (χ0) is 13.6. The predicted octanol–water partition coefficient (Wildman–Crippen LogP) is 5.35. The van der Waals surface area contributed by atoms with Crippen LogP contribution in [0.2, 0.25) is 0 Å². The number of rotatable bonds is 8. The van der Waals surface area contributed by atoms with Gasteiger partial charge in [-0.05, 0) is 61.6 Å². The van der Waals surface area contributed by atoms with Crippen LogP contribution < -0.4 is 0 Å². The van der Waals surface area contributed by atoms with E-state index in [1.54, 1.807) is 0 Å². The van der Waals surface area contributed by atoms with Crippen molar-refractivity contribution in [2.75, 3.05) is 0 Å². The molecule has 0 fully saturated rings. The molecule has 17 heavy (non-hydrogen) atoms. The van der Waals surface area contributed by atoms with Gasteiger partial charge in [0.05, 0.1) is 12.2 Å². The van der Waals surface area contributed by atoms with Gasteiger partial charge in [-0.2, -0.15) is 0 Å². The topological polar surface area (TPSA) is 18.5 Å². The Bertz CT molecular complexity index is 237. The molecule has 0 aliphatic carbocycles. The number of hydrogen-bond acceptors (Lipinski definition) is 3. The van der Waals surface area contributed by atoms with E-state index in [2.05, 4.69) is 27.7 Å². The fourth-order valence-corrected chi connectivity index (χ4v) is 4.65. The standard InChI is InChI=1S/C12H26ClO2PS/c1-9(2)7-11(5)14-16(13,17)15-12(6)8-10(3)4/h9-12H,7-8H2,1-6H3. The van der Waals surface area contributed by atoms with Crippen LogP contribution in [0.15, 0.2) is 0 Å². The molecule has 0 saturated heterocycles. The van der Waals surface area contributed by atoms with Crippen molar-refractivity contribution in [3.05, 3.63) is 0 Å². The summed E-state index contributed by atoms with van der Waals surface area (Å²) < 4.78 is 11.3. The van der Waals surface area contributed by atoms with Crippen molar-refractivity contribution >= 4 is 28.9 Å². The highest BCUT2D eigenvalue weighted by Crippen LogP contribution is 2.56. The maximum absolute atomic E-state index is 6.17. The molecule has 0 aliphatic heterocycles. The first-order valence-corrected chi connectivity index (χ1v) is 9.83. The van der Waals surface area contributed by atoms with Gasteiger partial charge >= 0.3 is 0 Å². The summed E-state index contributed by atoms with van der Waals surface area (Å²) in [5, 5.41) is 0. The Morgan fingerprint density at radius 2 is 1.18 bits per heavy atom. The SMILES string of the molecule is CC(C)CC(C)OP(=S)(Cl)OC(C)CC(C)C. The van der Waals surface area contributed by atoms with Gasteiger partial charge in [0.2, 0.25) is 0 Å². The van der Waals surface area contributed by atoms with Crippen LogP contribution in [0.5, 0.6) is 0 Å². The fourth-order valence-electron chi connectivity index (χ4n) is 1.87. The Labute approximate surface area is 116 Å². The van der Waals surface area contributed by atoms with Gasteiger partial charge in [-0.3, -0.25) is 0 Å². The molecule has 0 radical (unpaired) electrons. The molecule has 0 saturated carbocycles. The Kier molecular flexibility index (Phi) is 8.53. The van der Waals surface area contributed by atoms with Crippen LogP contribution in [0.25, 0.3) is 0 Å². The molecule has 0 bridgehead atoms. The quantitative estimate of drug-likeness (QED) is 0.563. The van der Waals surface area contributed by atoms with Gasteiger partial charge in [0.25, 0.3) is 5.84 Å². The number of halogens is 1. The summed E-state index contributed by atoms with van der Waals surface area (Å²) in [6, 6.07) is 0. The average molecular weight is 301 g/mol. The molecule has 0 aliphatic rings. The Morgan fingerprint density at radius 3 is 1.41 bits per heavy atom. The summed E-state index contributed by atoms with van der Waals surface area (Å²) in [4.78, 5) is 0. The van der Waals surface area contributed by atoms with Crippen molar-refractivity contribution in [2.45, 2.75) is 66.6 Å². The van der Waals surface area contributed by atoms with Crippen molar-refractivity contribution in [3.63, 3.8) is 0 Å². The molecule has 0 aromatic rings. The van der Waals surface area contributed by atoms with Crippen molar-refractivity contribution in [1.82, 2.24) is 0 Å². The molecule has 0 aromatic carbocycles. The third-order valence-corrected chi connectivity index (χ3v) is 4.44. The first-order chi connectivity index (χ1) is 7.62. The minimum atomic E-state index is -2.61. The van der Waals surface area contributed by atoms with E-state index < -0.39 is 5.84 Å². The molecular weight excluding hydrogens is 275 g/mol. The van der Waals surface area contributed by atoms with Crippen molar-refractivity contribution in [3.8, 4) is 0 Å². The lowest BCUT2D eigenvalue weighted by atomic mass is 10.1. The van der Waals surface area contributed by atoms with E-state index >= 15 is 0 Å². The maximum Gasteiger partial charge on any atom is 0.282 e. The minimum absolute atomic E-state index is 0.0598. The van der Waals surface area contributed by atoms with Crippen molar-refractivity contribution < 1.29 is 9.05 Å². The lowest BCUT2D eigenvalue weighted by molar-refractivity contribution is 0.143. The zero-order valence-corrected chi connectivity index (χ0v) is 14.2. The Hall–Kier alpha value is 0.860. The van der Waals surface area contributed by atoms with Crippen LogP contribution in [-0.2, 0) is 20.9 Å². The van der Waals surface area contributed by atoms with Crippen LogP contribution in [-0.4, -0.2) is 12.2 Å². The average Bonchev–Trinajstić information content (AvgIpc) is 1.95. The molecule has 104 valence electrons. The third kappa shape index (κ3) is 10.5. The maximum atomic E-state index is 6.17. The smallest absolute Gasteiger partial charge is 0.282 e. The first kappa shape index (κ1) is 17.9. The molecule has 0 aromatic heterocycles.